The van der Waals surface area contributed by atoms with Gasteiger partial charge in [0.15, 0.2) is 5.69 Å². The summed E-state index contributed by atoms with van der Waals surface area (Å²) in [6.07, 6.45) is 1.13. The van der Waals surface area contributed by atoms with E-state index >= 15 is 0 Å². The van der Waals surface area contributed by atoms with Gasteiger partial charge in [-0.3, -0.25) is 14.9 Å². The van der Waals surface area contributed by atoms with Crippen LogP contribution in [0.1, 0.15) is 16.1 Å². The van der Waals surface area contributed by atoms with Gasteiger partial charge >= 0.3 is 0 Å². The lowest BCUT2D eigenvalue weighted by atomic mass is 10.1. The second-order valence-electron chi connectivity index (χ2n) is 6.20. The molecular formula is C18H12FN9O4. The Morgan fingerprint density at radius 1 is 1.22 bits per heavy atom. The fourth-order valence-electron chi connectivity index (χ4n) is 2.71. The highest BCUT2D eigenvalue weighted by Crippen LogP contribution is 2.28. The number of nitrogen functional groups attached to an aromatic ring is 1. The highest BCUT2D eigenvalue weighted by Gasteiger charge is 2.25. The topological polar surface area (TPSA) is 180 Å². The largest absolute Gasteiger partial charge is 0.378 e. The maximum absolute atomic E-state index is 13.7. The lowest BCUT2D eigenvalue weighted by molar-refractivity contribution is -0.384. The maximum Gasteiger partial charge on any atom is 0.294 e. The Morgan fingerprint density at radius 2 is 1.97 bits per heavy atom. The van der Waals surface area contributed by atoms with Crippen LogP contribution in [-0.2, 0) is 0 Å². The molecule has 0 aliphatic carbocycles. The molecule has 2 aromatic heterocycles. The Balaban J connectivity index is 1.71. The summed E-state index contributed by atoms with van der Waals surface area (Å²) in [4.78, 5) is 23.1. The molecule has 2 aromatic carbocycles. The molecule has 3 N–H and O–H groups in total. The molecule has 0 unspecified atom stereocenters. The molecule has 14 heteroatoms. The van der Waals surface area contributed by atoms with Crippen molar-refractivity contribution in [1.82, 2.24) is 30.7 Å². The summed E-state index contributed by atoms with van der Waals surface area (Å²) in [7, 11) is 0. The van der Waals surface area contributed by atoms with Gasteiger partial charge in [-0.1, -0.05) is 23.4 Å². The molecule has 160 valence electrons. The number of nitro benzene ring substituents is 1. The molecule has 2 heterocycles. The third kappa shape index (κ3) is 3.87. The minimum atomic E-state index is -0.785. The quantitative estimate of drug-likeness (QED) is 0.258. The van der Waals surface area contributed by atoms with E-state index in [9.17, 15) is 19.3 Å². The van der Waals surface area contributed by atoms with E-state index in [1.807, 2.05) is 0 Å². The van der Waals surface area contributed by atoms with Gasteiger partial charge in [0, 0.05) is 23.3 Å². The Kier molecular flexibility index (Phi) is 5.31. The van der Waals surface area contributed by atoms with Crippen LogP contribution in [0.25, 0.3) is 17.1 Å². The average molecular weight is 437 g/mol. The highest BCUT2D eigenvalue weighted by atomic mass is 19.1. The van der Waals surface area contributed by atoms with Crippen molar-refractivity contribution in [3.8, 4) is 17.1 Å². The van der Waals surface area contributed by atoms with E-state index in [-0.39, 0.29) is 34.3 Å². The number of nitro groups is 1. The van der Waals surface area contributed by atoms with Crippen LogP contribution < -0.4 is 11.2 Å². The van der Waals surface area contributed by atoms with Crippen molar-refractivity contribution in [2.45, 2.75) is 0 Å². The second kappa shape index (κ2) is 8.39. The number of hydrogen-bond donors (Lipinski definition) is 2. The first-order chi connectivity index (χ1) is 15.5. The first-order valence-electron chi connectivity index (χ1n) is 8.82. The van der Waals surface area contributed by atoms with E-state index in [4.69, 9.17) is 5.73 Å². The number of rotatable bonds is 6. The molecule has 1 amide bonds. The third-order valence-electron chi connectivity index (χ3n) is 4.21. The van der Waals surface area contributed by atoms with Gasteiger partial charge in [0.1, 0.15) is 11.5 Å². The molecule has 0 atom stereocenters. The molecule has 4 aromatic rings. The number of halogens is 1. The zero-order valence-electron chi connectivity index (χ0n) is 15.9. The first-order valence-corrected chi connectivity index (χ1v) is 8.82. The number of benzene rings is 2. The molecule has 0 radical (unpaired) electrons. The van der Waals surface area contributed by atoms with Crippen molar-refractivity contribution in [2.75, 3.05) is 5.73 Å². The lowest BCUT2D eigenvalue weighted by Crippen LogP contribution is -2.19. The highest BCUT2D eigenvalue weighted by molar-refractivity contribution is 5.98. The van der Waals surface area contributed by atoms with Crippen LogP contribution in [0.2, 0.25) is 0 Å². The van der Waals surface area contributed by atoms with Crippen LogP contribution in [0, 0.1) is 15.9 Å². The summed E-state index contributed by atoms with van der Waals surface area (Å²) in [6.45, 7) is 0. The van der Waals surface area contributed by atoms with Crippen LogP contribution in [0.3, 0.4) is 0 Å². The molecule has 0 spiro atoms. The Morgan fingerprint density at radius 3 is 2.62 bits per heavy atom. The third-order valence-corrected chi connectivity index (χ3v) is 4.21. The van der Waals surface area contributed by atoms with Crippen LogP contribution >= 0.6 is 0 Å². The van der Waals surface area contributed by atoms with Crippen molar-refractivity contribution < 1.29 is 18.7 Å². The molecule has 0 fully saturated rings. The number of non-ortho nitro benzene ring substituents is 1. The van der Waals surface area contributed by atoms with Gasteiger partial charge in [-0.2, -0.15) is 9.78 Å². The Hall–Kier alpha value is -5.01. The number of anilines is 1. The van der Waals surface area contributed by atoms with Crippen molar-refractivity contribution in [2.24, 2.45) is 5.10 Å². The minimum Gasteiger partial charge on any atom is -0.378 e. The average Bonchev–Trinajstić information content (AvgIpc) is 3.41. The summed E-state index contributed by atoms with van der Waals surface area (Å²) >= 11 is 0. The number of amides is 1. The number of nitrogens with one attached hydrogen (secondary N) is 1. The van der Waals surface area contributed by atoms with Gasteiger partial charge in [-0.25, -0.2) is 14.4 Å². The molecular weight excluding hydrogens is 425 g/mol. The minimum absolute atomic E-state index is 0.0419. The molecule has 0 saturated heterocycles. The van der Waals surface area contributed by atoms with Gasteiger partial charge < -0.3 is 5.73 Å². The van der Waals surface area contributed by atoms with Gasteiger partial charge in [-0.15, -0.1) is 5.10 Å². The normalized spacial score (nSPS) is 11.0. The van der Waals surface area contributed by atoms with Crippen LogP contribution in [0.5, 0.6) is 0 Å². The van der Waals surface area contributed by atoms with E-state index in [2.05, 4.69) is 35.8 Å². The number of aromatic nitrogens is 5. The zero-order chi connectivity index (χ0) is 22.7. The Labute approximate surface area is 177 Å². The predicted molar refractivity (Wildman–Crippen MR) is 107 cm³/mol. The number of nitrogens with two attached hydrogens (primary N) is 1. The van der Waals surface area contributed by atoms with E-state index in [0.717, 1.165) is 10.9 Å². The summed E-state index contributed by atoms with van der Waals surface area (Å²) in [6, 6.07) is 11.1. The monoisotopic (exact) mass is 437 g/mol. The standard InChI is InChI=1S/C18H12FN9O4/c19-13-4-2-1-3-11(13)9-21-23-18(29)14-15(10-5-7-12(8-6-10)28(30)31)27(26-22-14)17-16(20)24-32-25-17/h1-9H,(H2,20,24)(H,23,29)/b21-9-. The Bertz CT molecular complexity index is 1330. The molecule has 0 bridgehead atoms. The van der Waals surface area contributed by atoms with Crippen molar-refractivity contribution in [3.63, 3.8) is 0 Å². The molecule has 0 aliphatic heterocycles. The van der Waals surface area contributed by atoms with Gasteiger partial charge in [-0.05, 0) is 28.5 Å². The van der Waals surface area contributed by atoms with E-state index in [1.54, 1.807) is 6.07 Å². The van der Waals surface area contributed by atoms with Crippen LogP contribution in [0.15, 0.2) is 58.3 Å². The molecule has 0 aliphatic rings. The number of carbonyl (C=O) groups excluding carboxylic acids is 1. The summed E-state index contributed by atoms with van der Waals surface area (Å²) in [5.41, 5.74) is 8.20. The number of hydrogen-bond acceptors (Lipinski definition) is 10. The van der Waals surface area contributed by atoms with Crippen molar-refractivity contribution >= 4 is 23.6 Å². The van der Waals surface area contributed by atoms with Gasteiger partial charge in [0.05, 0.1) is 11.1 Å². The van der Waals surface area contributed by atoms with E-state index < -0.39 is 16.6 Å². The van der Waals surface area contributed by atoms with Gasteiger partial charge in [0.25, 0.3) is 11.6 Å². The van der Waals surface area contributed by atoms with Crippen LogP contribution in [0.4, 0.5) is 15.9 Å². The van der Waals surface area contributed by atoms with Crippen molar-refractivity contribution in [3.05, 3.63) is 75.7 Å². The first kappa shape index (κ1) is 20.3. The molecule has 32 heavy (non-hydrogen) atoms. The smallest absolute Gasteiger partial charge is 0.294 e. The summed E-state index contributed by atoms with van der Waals surface area (Å²) < 4.78 is 19.4. The van der Waals surface area contributed by atoms with Crippen LogP contribution in [-0.4, -0.2) is 42.4 Å². The summed E-state index contributed by atoms with van der Waals surface area (Å²) in [5.74, 6) is -1.47. The van der Waals surface area contributed by atoms with Crippen molar-refractivity contribution in [1.29, 1.82) is 0 Å². The maximum atomic E-state index is 13.7. The number of hydrazone groups is 1. The SMILES string of the molecule is Nc1nonc1-n1nnc(C(=O)N/N=C\c2ccccc2F)c1-c1ccc([N+](=O)[O-])cc1. The fraction of sp³-hybridized carbons (Fsp3) is 0. The number of carbonyl (C=O) groups is 1. The fourth-order valence-corrected chi connectivity index (χ4v) is 2.71. The lowest BCUT2D eigenvalue weighted by Gasteiger charge is -2.05. The van der Waals surface area contributed by atoms with E-state index in [1.165, 1.54) is 42.5 Å². The molecule has 0 saturated carbocycles. The second-order valence-corrected chi connectivity index (χ2v) is 6.20. The number of nitrogens with zero attached hydrogens (tertiary/aromatic N) is 7. The molecule has 13 nitrogen and oxygen atoms in total. The zero-order valence-corrected chi connectivity index (χ0v) is 15.9. The van der Waals surface area contributed by atoms with Gasteiger partial charge in [0.2, 0.25) is 11.6 Å². The predicted octanol–water partition coefficient (Wildman–Crippen LogP) is 1.71. The molecule has 4 rings (SSSR count). The van der Waals surface area contributed by atoms with E-state index in [0.29, 0.717) is 5.56 Å². The summed E-state index contributed by atoms with van der Waals surface area (Å²) in [5, 5.41) is 29.5.